The van der Waals surface area contributed by atoms with Gasteiger partial charge >= 0.3 is 11.7 Å². The van der Waals surface area contributed by atoms with Gasteiger partial charge in [-0.1, -0.05) is 32.8 Å². The number of thiophene rings is 1. The third-order valence-electron chi connectivity index (χ3n) is 5.80. The number of carbonyl (C=O) groups is 2. The molecule has 3 rings (SSSR count). The molecule has 0 aromatic carbocycles. The number of rotatable bonds is 11. The third kappa shape index (κ3) is 9.74. The van der Waals surface area contributed by atoms with E-state index in [1.165, 1.54) is 54.8 Å². The lowest BCUT2D eigenvalue weighted by Gasteiger charge is -2.10. The lowest BCUT2D eigenvalue weighted by atomic mass is 10.0. The molecule has 36 heavy (non-hydrogen) atoms. The number of methoxy groups -OCH3 is 1. The number of Topliss-reactive ketones (excluding diaryl/α,β-unsaturated/α-hetero) is 1. The minimum Gasteiger partial charge on any atom is -0.507 e. The second-order valence-electron chi connectivity index (χ2n) is 8.72. The highest BCUT2D eigenvalue weighted by molar-refractivity contribution is 7.12. The lowest BCUT2D eigenvalue weighted by molar-refractivity contribution is 0.0980. The maximum absolute atomic E-state index is 11.8. The summed E-state index contributed by atoms with van der Waals surface area (Å²) in [4.78, 5) is 37.1. The van der Waals surface area contributed by atoms with E-state index < -0.39 is 17.5 Å². The number of alkyl carbamates (subject to hydrolysis) is 1. The van der Waals surface area contributed by atoms with Crippen molar-refractivity contribution in [2.24, 2.45) is 5.92 Å². The molecule has 0 aliphatic heterocycles. The van der Waals surface area contributed by atoms with Crippen molar-refractivity contribution in [3.8, 4) is 18.1 Å². The minimum absolute atomic E-state index is 0.116. The van der Waals surface area contributed by atoms with Crippen molar-refractivity contribution >= 4 is 23.2 Å². The summed E-state index contributed by atoms with van der Waals surface area (Å²) in [5, 5.41) is 12.3. The molecule has 1 aliphatic carbocycles. The standard InChI is InChI=1S/C16H21NO6.C12H14S/c1-4-11(18)14-12(19)9-13(23-15(14)20)10(2)7-5-6-8-17-16(21)22-3;1-2-3-11-8-9-12(13-11)7-6-10-4-5-10/h6,8-10,19H,4-5,7H2,1-3H3,(H,17,21);1,8-10H,3-7H2/b8-6+;. The number of carbonyl (C=O) groups excluding carboxylic acids is 2. The number of allylic oxidation sites excluding steroid dienone is 1. The average Bonchev–Trinajstić information content (AvgIpc) is 3.59. The van der Waals surface area contributed by atoms with E-state index in [9.17, 15) is 19.5 Å². The molecule has 8 heteroatoms. The van der Waals surface area contributed by atoms with Crippen LogP contribution in [0.15, 0.2) is 39.7 Å². The van der Waals surface area contributed by atoms with E-state index in [2.05, 4.69) is 28.1 Å². The predicted octanol–water partition coefficient (Wildman–Crippen LogP) is 5.96. The molecule has 2 aromatic heterocycles. The summed E-state index contributed by atoms with van der Waals surface area (Å²) in [5.74, 6) is 3.10. The Bertz CT molecular complexity index is 1140. The van der Waals surface area contributed by atoms with E-state index in [0.29, 0.717) is 18.6 Å². The topological polar surface area (TPSA) is 106 Å². The number of ketones is 1. The molecule has 0 bridgehead atoms. The van der Waals surface area contributed by atoms with Gasteiger partial charge in [0.25, 0.3) is 0 Å². The van der Waals surface area contributed by atoms with Crippen LogP contribution in [-0.4, -0.2) is 24.1 Å². The Morgan fingerprint density at radius 1 is 1.36 bits per heavy atom. The number of aryl methyl sites for hydroxylation is 1. The van der Waals surface area contributed by atoms with Crippen LogP contribution in [-0.2, 0) is 17.6 Å². The fraction of sp³-hybridized carbons (Fsp3) is 0.464. The molecule has 1 saturated carbocycles. The van der Waals surface area contributed by atoms with Crippen molar-refractivity contribution < 1.29 is 23.8 Å². The molecule has 0 spiro atoms. The number of nitrogens with one attached hydrogen (secondary N) is 1. The molecule has 1 aliphatic rings. The Hall–Kier alpha value is -3.31. The van der Waals surface area contributed by atoms with Crippen molar-refractivity contribution in [3.63, 3.8) is 0 Å². The first-order chi connectivity index (χ1) is 17.3. The Kier molecular flexibility index (Phi) is 12.0. The largest absolute Gasteiger partial charge is 0.507 e. The van der Waals surface area contributed by atoms with Crippen molar-refractivity contribution in [1.82, 2.24) is 5.32 Å². The quantitative estimate of drug-likeness (QED) is 0.284. The fourth-order valence-corrected chi connectivity index (χ4v) is 4.42. The molecular weight excluding hydrogens is 478 g/mol. The van der Waals surface area contributed by atoms with Crippen LogP contribution in [0.1, 0.15) is 84.2 Å². The minimum atomic E-state index is -0.818. The second-order valence-corrected chi connectivity index (χ2v) is 9.97. The highest BCUT2D eigenvalue weighted by Gasteiger charge is 2.21. The van der Waals surface area contributed by atoms with Crippen LogP contribution in [0.4, 0.5) is 4.79 Å². The summed E-state index contributed by atoms with van der Waals surface area (Å²) in [7, 11) is 1.27. The van der Waals surface area contributed by atoms with E-state index in [-0.39, 0.29) is 23.7 Å². The SMILES string of the molecule is C#CCc1ccc(CCC2CC2)s1.CCC(=O)c1c(O)cc(C(C)CC/C=C/NC(=O)OC)oc1=O. The highest BCUT2D eigenvalue weighted by atomic mass is 32.1. The molecule has 1 fully saturated rings. The van der Waals surface area contributed by atoms with Gasteiger partial charge in [0.05, 0.1) is 7.11 Å². The fourth-order valence-electron chi connectivity index (χ4n) is 3.44. The van der Waals surface area contributed by atoms with Crippen LogP contribution in [0, 0.1) is 18.3 Å². The van der Waals surface area contributed by atoms with E-state index in [4.69, 9.17) is 10.8 Å². The zero-order chi connectivity index (χ0) is 26.5. The van der Waals surface area contributed by atoms with Gasteiger partial charge in [0.1, 0.15) is 17.1 Å². The van der Waals surface area contributed by atoms with Crippen LogP contribution in [0.5, 0.6) is 5.75 Å². The average molecular weight is 514 g/mol. The molecule has 2 aromatic rings. The number of aromatic hydroxyl groups is 1. The van der Waals surface area contributed by atoms with Crippen LogP contribution < -0.4 is 10.9 Å². The first-order valence-electron chi connectivity index (χ1n) is 12.2. The van der Waals surface area contributed by atoms with Crippen LogP contribution in [0.3, 0.4) is 0 Å². The summed E-state index contributed by atoms with van der Waals surface area (Å²) in [6.45, 7) is 3.44. The first kappa shape index (κ1) is 28.9. The second kappa shape index (κ2) is 14.9. The summed E-state index contributed by atoms with van der Waals surface area (Å²) in [6, 6.07) is 5.72. The predicted molar refractivity (Wildman–Crippen MR) is 141 cm³/mol. The highest BCUT2D eigenvalue weighted by Crippen LogP contribution is 2.34. The maximum Gasteiger partial charge on any atom is 0.410 e. The lowest BCUT2D eigenvalue weighted by Crippen LogP contribution is -2.16. The summed E-state index contributed by atoms with van der Waals surface area (Å²) in [6.07, 6.45) is 15.6. The summed E-state index contributed by atoms with van der Waals surface area (Å²) >= 11 is 1.88. The molecule has 1 amide bonds. The van der Waals surface area contributed by atoms with Gasteiger partial charge in [0.2, 0.25) is 0 Å². The van der Waals surface area contributed by atoms with Crippen molar-refractivity contribution in [1.29, 1.82) is 0 Å². The normalized spacial score (nSPS) is 13.4. The van der Waals surface area contributed by atoms with Gasteiger partial charge in [0, 0.05) is 40.8 Å². The van der Waals surface area contributed by atoms with Gasteiger partial charge in [-0.3, -0.25) is 10.1 Å². The Morgan fingerprint density at radius 2 is 2.08 bits per heavy atom. The molecule has 1 unspecified atom stereocenters. The maximum atomic E-state index is 11.8. The molecular formula is C28H35NO6S. The van der Waals surface area contributed by atoms with Crippen molar-refractivity contribution in [3.05, 3.63) is 62.0 Å². The number of ether oxygens (including phenoxy) is 1. The Balaban J connectivity index is 0.000000293. The Labute approximate surface area is 216 Å². The molecule has 194 valence electrons. The van der Waals surface area contributed by atoms with Gasteiger partial charge in [-0.2, -0.15) is 0 Å². The molecule has 7 nitrogen and oxygen atoms in total. The van der Waals surface area contributed by atoms with E-state index in [1.54, 1.807) is 13.0 Å². The van der Waals surface area contributed by atoms with Crippen LogP contribution in [0.25, 0.3) is 0 Å². The summed E-state index contributed by atoms with van der Waals surface area (Å²) in [5.41, 5.74) is -1.12. The molecule has 0 saturated heterocycles. The molecule has 2 heterocycles. The molecule has 2 N–H and O–H groups in total. The van der Waals surface area contributed by atoms with E-state index in [1.807, 2.05) is 18.3 Å². The number of hydrogen-bond acceptors (Lipinski definition) is 7. The monoisotopic (exact) mass is 513 g/mol. The zero-order valence-electron chi connectivity index (χ0n) is 21.2. The van der Waals surface area contributed by atoms with Crippen molar-refractivity contribution in [2.75, 3.05) is 7.11 Å². The smallest absolute Gasteiger partial charge is 0.410 e. The molecule has 1 atom stereocenters. The van der Waals surface area contributed by atoms with Gasteiger partial charge in [-0.05, 0) is 43.7 Å². The zero-order valence-corrected chi connectivity index (χ0v) is 22.0. The van der Waals surface area contributed by atoms with Gasteiger partial charge in [-0.25, -0.2) is 9.59 Å². The van der Waals surface area contributed by atoms with Gasteiger partial charge < -0.3 is 14.3 Å². The third-order valence-corrected chi connectivity index (χ3v) is 6.94. The van der Waals surface area contributed by atoms with Crippen molar-refractivity contribution in [2.45, 2.75) is 71.1 Å². The van der Waals surface area contributed by atoms with Gasteiger partial charge in [0.15, 0.2) is 5.78 Å². The Morgan fingerprint density at radius 3 is 2.69 bits per heavy atom. The van der Waals surface area contributed by atoms with E-state index in [0.717, 1.165) is 12.3 Å². The van der Waals surface area contributed by atoms with E-state index >= 15 is 0 Å². The van der Waals surface area contributed by atoms with Crippen LogP contribution >= 0.6 is 11.3 Å². The first-order valence-corrected chi connectivity index (χ1v) is 13.0. The van der Waals surface area contributed by atoms with Crippen LogP contribution in [0.2, 0.25) is 0 Å². The summed E-state index contributed by atoms with van der Waals surface area (Å²) < 4.78 is 9.54. The molecule has 0 radical (unpaired) electrons. The number of terminal acetylenes is 1. The van der Waals surface area contributed by atoms with Gasteiger partial charge in [-0.15, -0.1) is 23.7 Å². The number of hydrogen-bond donors (Lipinski definition) is 2. The number of amides is 1.